The molecule has 0 bridgehead atoms. The number of amides is 1. The summed E-state index contributed by atoms with van der Waals surface area (Å²) in [6, 6.07) is 7.44. The third-order valence-electron chi connectivity index (χ3n) is 5.73. The van der Waals surface area contributed by atoms with Gasteiger partial charge in [-0.05, 0) is 37.3 Å². The molecule has 13 heteroatoms. The Morgan fingerprint density at radius 3 is 2.58 bits per heavy atom. The number of alkyl halides is 3. The van der Waals surface area contributed by atoms with Crippen LogP contribution in [0.15, 0.2) is 47.5 Å². The highest BCUT2D eigenvalue weighted by atomic mass is 35.5. The van der Waals surface area contributed by atoms with E-state index in [0.717, 1.165) is 25.1 Å². The summed E-state index contributed by atoms with van der Waals surface area (Å²) in [6.45, 7) is 2.24. The average Bonchev–Trinajstić information content (AvgIpc) is 3.39. The predicted molar refractivity (Wildman–Crippen MR) is 122 cm³/mol. The number of nitrogens with zero attached hydrogens (tertiary/aromatic N) is 3. The van der Waals surface area contributed by atoms with E-state index < -0.39 is 33.8 Å². The number of rotatable bonds is 6. The highest BCUT2D eigenvalue weighted by Gasteiger charge is 2.39. The van der Waals surface area contributed by atoms with Gasteiger partial charge in [0, 0.05) is 18.3 Å². The topological polar surface area (TPSA) is 81.5 Å². The van der Waals surface area contributed by atoms with Crippen LogP contribution in [0.1, 0.15) is 35.5 Å². The van der Waals surface area contributed by atoms with Crippen molar-refractivity contribution in [2.75, 3.05) is 5.75 Å². The first kappa shape index (κ1) is 26.0. The fourth-order valence-corrected chi connectivity index (χ4v) is 4.77. The molecule has 0 saturated heterocycles. The first-order valence-electron chi connectivity index (χ1n) is 10.7. The largest absolute Gasteiger partial charge is 0.480 e. The number of hydrogen-bond donors (Lipinski definition) is 0. The summed E-state index contributed by atoms with van der Waals surface area (Å²) in [6.07, 6.45) is -5.35. The molecule has 0 spiro atoms. The molecular weight excluding hydrogens is 526 g/mol. The minimum absolute atomic E-state index is 0.00682. The first-order chi connectivity index (χ1) is 16.8. The molecule has 7 nitrogen and oxygen atoms in total. The van der Waals surface area contributed by atoms with Crippen molar-refractivity contribution in [3.05, 3.63) is 70.3 Å². The van der Waals surface area contributed by atoms with Crippen molar-refractivity contribution in [2.45, 2.75) is 44.1 Å². The van der Waals surface area contributed by atoms with Crippen LogP contribution in [0.25, 0.3) is 5.69 Å². The van der Waals surface area contributed by atoms with Crippen molar-refractivity contribution >= 4 is 27.3 Å². The Morgan fingerprint density at radius 1 is 1.22 bits per heavy atom. The molecule has 1 amide bonds. The number of sulfone groups is 1. The highest BCUT2D eigenvalue weighted by molar-refractivity contribution is 7.91. The van der Waals surface area contributed by atoms with E-state index >= 15 is 0 Å². The number of aromatic nitrogens is 2. The molecule has 0 aliphatic carbocycles. The average molecular weight is 546 g/mol. The van der Waals surface area contributed by atoms with E-state index in [0.29, 0.717) is 16.9 Å². The number of fused-ring (bicyclic) bond motifs is 1. The van der Waals surface area contributed by atoms with Crippen LogP contribution in [0.2, 0.25) is 5.02 Å². The zero-order valence-corrected chi connectivity index (χ0v) is 20.6. The molecular formula is C23H20ClF4N3O4S. The van der Waals surface area contributed by atoms with E-state index in [9.17, 15) is 30.8 Å². The normalized spacial score (nSPS) is 14.6. The van der Waals surface area contributed by atoms with Crippen LogP contribution < -0.4 is 4.74 Å². The molecule has 2 heterocycles. The Morgan fingerprint density at radius 2 is 1.94 bits per heavy atom. The zero-order valence-electron chi connectivity index (χ0n) is 19.0. The molecule has 36 heavy (non-hydrogen) atoms. The summed E-state index contributed by atoms with van der Waals surface area (Å²) in [5, 5.41) is 4.23. The van der Waals surface area contributed by atoms with Gasteiger partial charge in [0.25, 0.3) is 5.91 Å². The lowest BCUT2D eigenvalue weighted by molar-refractivity contribution is -0.189. The molecule has 0 fully saturated rings. The van der Waals surface area contributed by atoms with E-state index in [1.165, 1.54) is 28.6 Å². The van der Waals surface area contributed by atoms with Crippen molar-refractivity contribution in [1.29, 1.82) is 0 Å². The Balaban J connectivity index is 1.65. The van der Waals surface area contributed by atoms with Gasteiger partial charge in [-0.15, -0.1) is 0 Å². The summed E-state index contributed by atoms with van der Waals surface area (Å²) < 4.78 is 84.2. The van der Waals surface area contributed by atoms with Gasteiger partial charge in [0.05, 0.1) is 34.1 Å². The summed E-state index contributed by atoms with van der Waals surface area (Å²) in [4.78, 5) is 14.4. The van der Waals surface area contributed by atoms with Crippen LogP contribution in [0.5, 0.6) is 5.75 Å². The van der Waals surface area contributed by atoms with Crippen LogP contribution in [-0.2, 0) is 22.9 Å². The number of ether oxygens (including phenoxy) is 1. The minimum Gasteiger partial charge on any atom is -0.480 e. The summed E-state index contributed by atoms with van der Waals surface area (Å²) >= 11 is 6.02. The van der Waals surface area contributed by atoms with Crippen LogP contribution in [0.4, 0.5) is 17.6 Å². The van der Waals surface area contributed by atoms with Crippen LogP contribution in [0.3, 0.4) is 0 Å². The Hall–Kier alpha value is -3.12. The van der Waals surface area contributed by atoms with Crippen LogP contribution in [0, 0.1) is 5.82 Å². The lowest BCUT2D eigenvalue weighted by Crippen LogP contribution is -2.33. The summed E-state index contributed by atoms with van der Waals surface area (Å²) in [7, 11) is -3.75. The van der Waals surface area contributed by atoms with Gasteiger partial charge in [-0.1, -0.05) is 24.6 Å². The second-order valence-electron chi connectivity index (χ2n) is 8.14. The maximum atomic E-state index is 13.8. The number of benzene rings is 2. The van der Waals surface area contributed by atoms with E-state index in [4.69, 9.17) is 16.3 Å². The molecule has 1 aliphatic rings. The predicted octanol–water partition coefficient (Wildman–Crippen LogP) is 4.94. The van der Waals surface area contributed by atoms with Gasteiger partial charge in [0.1, 0.15) is 16.6 Å². The van der Waals surface area contributed by atoms with Gasteiger partial charge in [-0.3, -0.25) is 4.79 Å². The monoisotopic (exact) mass is 545 g/mol. The molecule has 0 unspecified atom stereocenters. The van der Waals surface area contributed by atoms with Crippen molar-refractivity contribution in [1.82, 2.24) is 14.7 Å². The summed E-state index contributed by atoms with van der Waals surface area (Å²) in [5.74, 6) is -1.99. The number of carbonyl (C=O) groups is 1. The molecule has 0 N–H and O–H groups in total. The highest BCUT2D eigenvalue weighted by Crippen LogP contribution is 2.33. The Kier molecular flexibility index (Phi) is 6.78. The first-order valence-corrected chi connectivity index (χ1v) is 12.8. The second-order valence-corrected chi connectivity index (χ2v) is 10.8. The third kappa shape index (κ3) is 4.92. The smallest absolute Gasteiger partial charge is 0.425 e. The molecule has 2 aromatic carbocycles. The SMILES string of the molecule is CCS(=O)(=O)c1ccc(O[C@@H](C)C(F)(F)F)c(C(=O)N2Cc3cn(-c4cccc(F)c4Cl)nc3C2)c1. The van der Waals surface area contributed by atoms with Gasteiger partial charge < -0.3 is 9.64 Å². The van der Waals surface area contributed by atoms with Gasteiger partial charge >= 0.3 is 6.18 Å². The van der Waals surface area contributed by atoms with E-state index in [2.05, 4.69) is 5.10 Å². The number of carbonyl (C=O) groups excluding carboxylic acids is 1. The molecule has 3 aromatic rings. The quantitative estimate of drug-likeness (QED) is 0.410. The van der Waals surface area contributed by atoms with Crippen molar-refractivity contribution in [3.63, 3.8) is 0 Å². The standard InChI is InChI=1S/C23H20ClF4N3O4S/c1-3-36(33,34)15-7-8-20(35-13(2)23(26,27)28)16(9-15)22(32)30-10-14-11-31(29-18(14)12-30)19-6-4-5-17(25)21(19)24/h4-9,11,13H,3,10,12H2,1-2H3/t13-/m0/s1. The van der Waals surface area contributed by atoms with Gasteiger partial charge in [0.2, 0.25) is 0 Å². The van der Waals surface area contributed by atoms with Crippen LogP contribution in [-0.4, -0.2) is 47.0 Å². The maximum absolute atomic E-state index is 13.8. The summed E-state index contributed by atoms with van der Waals surface area (Å²) in [5.41, 5.74) is 1.09. The Bertz CT molecular complexity index is 1420. The van der Waals surface area contributed by atoms with Gasteiger partial charge in [0.15, 0.2) is 15.9 Å². The van der Waals surface area contributed by atoms with E-state index in [1.807, 2.05) is 0 Å². The zero-order chi connectivity index (χ0) is 26.4. The van der Waals surface area contributed by atoms with E-state index in [1.54, 1.807) is 12.3 Å². The molecule has 0 saturated carbocycles. The molecule has 192 valence electrons. The van der Waals surface area contributed by atoms with Gasteiger partial charge in [-0.2, -0.15) is 18.3 Å². The lowest BCUT2D eigenvalue weighted by atomic mass is 10.1. The fourth-order valence-electron chi connectivity index (χ4n) is 3.66. The van der Waals surface area contributed by atoms with Crippen molar-refractivity contribution < 1.29 is 35.5 Å². The number of hydrogen-bond acceptors (Lipinski definition) is 5. The molecule has 1 atom stereocenters. The van der Waals surface area contributed by atoms with Crippen molar-refractivity contribution in [2.24, 2.45) is 0 Å². The molecule has 0 radical (unpaired) electrons. The van der Waals surface area contributed by atoms with Crippen molar-refractivity contribution in [3.8, 4) is 11.4 Å². The second kappa shape index (κ2) is 9.40. The molecule has 1 aliphatic heterocycles. The van der Waals surface area contributed by atoms with Crippen LogP contribution >= 0.6 is 11.6 Å². The molecule has 4 rings (SSSR count). The lowest BCUT2D eigenvalue weighted by Gasteiger charge is -2.22. The van der Waals surface area contributed by atoms with E-state index in [-0.39, 0.29) is 40.1 Å². The Labute approximate surface area is 209 Å². The third-order valence-corrected chi connectivity index (χ3v) is 7.84. The number of halogens is 5. The molecule has 1 aromatic heterocycles. The maximum Gasteiger partial charge on any atom is 0.425 e. The fraction of sp³-hybridized carbons (Fsp3) is 0.304. The minimum atomic E-state index is -4.69. The van der Waals surface area contributed by atoms with Gasteiger partial charge in [-0.25, -0.2) is 17.5 Å².